The van der Waals surface area contributed by atoms with Gasteiger partial charge >= 0.3 is 5.97 Å². The summed E-state index contributed by atoms with van der Waals surface area (Å²) in [5, 5.41) is 21.1. The van der Waals surface area contributed by atoms with Gasteiger partial charge in [0.1, 0.15) is 12.4 Å². The van der Waals surface area contributed by atoms with Crippen LogP contribution in [0.5, 0.6) is 5.75 Å². The Morgan fingerprint density at radius 3 is 2.39 bits per heavy atom. The third-order valence-corrected chi connectivity index (χ3v) is 5.73. The number of hydrogen-bond donors (Lipinski definition) is 3. The van der Waals surface area contributed by atoms with E-state index in [1.165, 1.54) is 11.3 Å². The molecule has 1 aromatic carbocycles. The monoisotopic (exact) mass is 426 g/mol. The Hall–Kier alpha value is -3.16. The quantitative estimate of drug-likeness (QED) is 0.623. The van der Waals surface area contributed by atoms with Gasteiger partial charge < -0.3 is 20.4 Å². The van der Waals surface area contributed by atoms with Gasteiger partial charge in [-0.25, -0.2) is 9.97 Å². The van der Waals surface area contributed by atoms with Gasteiger partial charge in [-0.1, -0.05) is 26.0 Å². The first-order chi connectivity index (χ1) is 14.7. The second kappa shape index (κ2) is 9.76. The van der Waals surface area contributed by atoms with Crippen molar-refractivity contribution in [3.05, 3.63) is 47.0 Å². The van der Waals surface area contributed by atoms with Gasteiger partial charge in [0.2, 0.25) is 0 Å². The number of carbonyl (C=O) groups is 2. The van der Waals surface area contributed by atoms with E-state index >= 15 is 0 Å². The number of aryl methyl sites for hydroxylation is 1. The highest BCUT2D eigenvalue weighted by molar-refractivity contribution is 5.96. The predicted octanol–water partition coefficient (Wildman–Crippen LogP) is 2.89. The van der Waals surface area contributed by atoms with Crippen LogP contribution in [0.2, 0.25) is 0 Å². The third kappa shape index (κ3) is 5.71. The molecule has 0 radical (unpaired) electrons. The predicted molar refractivity (Wildman–Crippen MR) is 118 cm³/mol. The van der Waals surface area contributed by atoms with Crippen molar-refractivity contribution in [3.8, 4) is 5.75 Å². The maximum atomic E-state index is 12.2. The van der Waals surface area contributed by atoms with Crippen molar-refractivity contribution in [2.75, 3.05) is 24.5 Å². The van der Waals surface area contributed by atoms with Gasteiger partial charge in [-0.15, -0.1) is 0 Å². The van der Waals surface area contributed by atoms with Crippen LogP contribution in [-0.2, 0) is 11.2 Å². The molecule has 1 aromatic heterocycles. The van der Waals surface area contributed by atoms with Crippen molar-refractivity contribution in [1.29, 1.82) is 0 Å². The fourth-order valence-corrected chi connectivity index (χ4v) is 3.84. The highest BCUT2D eigenvalue weighted by atomic mass is 16.4. The number of piperidine rings is 1. The van der Waals surface area contributed by atoms with Crippen LogP contribution in [-0.4, -0.2) is 51.7 Å². The van der Waals surface area contributed by atoms with Crippen LogP contribution in [0.15, 0.2) is 24.3 Å². The average molecular weight is 427 g/mol. The number of aromatic hydroxyl groups is 1. The van der Waals surface area contributed by atoms with Crippen LogP contribution in [0.3, 0.4) is 0 Å². The van der Waals surface area contributed by atoms with Crippen LogP contribution in [0.1, 0.15) is 60.2 Å². The number of amides is 1. The Morgan fingerprint density at radius 2 is 1.81 bits per heavy atom. The molecule has 1 amide bonds. The van der Waals surface area contributed by atoms with E-state index in [0.29, 0.717) is 29.8 Å². The Bertz CT molecular complexity index is 935. The first-order valence-electron chi connectivity index (χ1n) is 10.7. The molecule has 0 spiro atoms. The van der Waals surface area contributed by atoms with Crippen LogP contribution in [0, 0.1) is 12.8 Å². The molecular weight excluding hydrogens is 396 g/mol. The molecule has 0 aliphatic carbocycles. The Kier molecular flexibility index (Phi) is 7.09. The van der Waals surface area contributed by atoms with E-state index in [-0.39, 0.29) is 11.4 Å². The number of nitrogens with one attached hydrogen (secondary N) is 1. The molecule has 166 valence electrons. The van der Waals surface area contributed by atoms with Crippen molar-refractivity contribution >= 4 is 17.6 Å². The Balaban J connectivity index is 1.62. The van der Waals surface area contributed by atoms with Crippen LogP contribution in [0.4, 0.5) is 5.69 Å². The van der Waals surface area contributed by atoms with Crippen LogP contribution in [0.25, 0.3) is 0 Å². The fourth-order valence-electron chi connectivity index (χ4n) is 3.84. The molecule has 31 heavy (non-hydrogen) atoms. The minimum absolute atomic E-state index is 0.175. The topological polar surface area (TPSA) is 116 Å². The summed E-state index contributed by atoms with van der Waals surface area (Å²) >= 11 is 0. The zero-order valence-electron chi connectivity index (χ0n) is 18.3. The number of rotatable bonds is 7. The van der Waals surface area contributed by atoms with E-state index in [4.69, 9.17) is 5.11 Å². The Morgan fingerprint density at radius 1 is 1.16 bits per heavy atom. The summed E-state index contributed by atoms with van der Waals surface area (Å²) in [4.78, 5) is 33.8. The van der Waals surface area contributed by atoms with E-state index in [9.17, 15) is 14.7 Å². The number of carbonyl (C=O) groups excluding carboxylic acids is 1. The van der Waals surface area contributed by atoms with Gasteiger partial charge in [0, 0.05) is 25.2 Å². The van der Waals surface area contributed by atoms with Crippen molar-refractivity contribution in [3.63, 3.8) is 0 Å². The summed E-state index contributed by atoms with van der Waals surface area (Å²) < 4.78 is 0. The molecule has 0 bridgehead atoms. The zero-order chi connectivity index (χ0) is 22.5. The lowest BCUT2D eigenvalue weighted by Crippen LogP contribution is -2.34. The Labute approximate surface area is 182 Å². The molecule has 8 heteroatoms. The first-order valence-corrected chi connectivity index (χ1v) is 10.7. The highest BCUT2D eigenvalue weighted by Crippen LogP contribution is 2.27. The molecule has 0 unspecified atom stereocenters. The standard InChI is InChI=1S/C23H30N4O4/c1-14(2)17-4-6-18(7-5-17)27-10-8-16(9-11-27)12-19-25-15(3)22(30)21(26-19)23(31)24-13-20(28)29/h4-7,14,16,30H,8-13H2,1-3H3,(H,24,31)(H,28,29). The van der Waals surface area contributed by atoms with Gasteiger partial charge in [0.15, 0.2) is 11.4 Å². The molecule has 3 rings (SSSR count). The van der Waals surface area contributed by atoms with E-state index < -0.39 is 18.4 Å². The number of benzene rings is 1. The van der Waals surface area contributed by atoms with E-state index in [1.807, 2.05) is 0 Å². The fraction of sp³-hybridized carbons (Fsp3) is 0.478. The van der Waals surface area contributed by atoms with Crippen molar-refractivity contribution in [1.82, 2.24) is 15.3 Å². The van der Waals surface area contributed by atoms with Gasteiger partial charge in [-0.2, -0.15) is 0 Å². The average Bonchev–Trinajstić information content (AvgIpc) is 2.75. The lowest BCUT2D eigenvalue weighted by atomic mass is 9.92. The normalized spacial score (nSPS) is 14.6. The van der Waals surface area contributed by atoms with Gasteiger partial charge in [0.05, 0.1) is 5.69 Å². The molecule has 0 atom stereocenters. The molecule has 1 aliphatic rings. The summed E-state index contributed by atoms with van der Waals surface area (Å²) in [6.45, 7) is 7.33. The second-order valence-electron chi connectivity index (χ2n) is 8.38. The number of aliphatic carboxylic acids is 1. The van der Waals surface area contributed by atoms with E-state index in [2.05, 4.69) is 58.3 Å². The molecular formula is C23H30N4O4. The van der Waals surface area contributed by atoms with E-state index in [1.54, 1.807) is 6.92 Å². The number of hydrogen-bond acceptors (Lipinski definition) is 6. The molecule has 1 fully saturated rings. The largest absolute Gasteiger partial charge is 0.504 e. The summed E-state index contributed by atoms with van der Waals surface area (Å²) in [6, 6.07) is 8.75. The minimum atomic E-state index is -1.16. The number of aromatic nitrogens is 2. The van der Waals surface area contributed by atoms with Crippen LogP contribution >= 0.6 is 0 Å². The zero-order valence-corrected chi connectivity index (χ0v) is 18.3. The second-order valence-corrected chi connectivity index (χ2v) is 8.38. The molecule has 1 aliphatic heterocycles. The molecule has 8 nitrogen and oxygen atoms in total. The minimum Gasteiger partial charge on any atom is -0.504 e. The first kappa shape index (κ1) is 22.5. The smallest absolute Gasteiger partial charge is 0.322 e. The number of anilines is 1. The number of carboxylic acids is 1. The maximum absolute atomic E-state index is 12.2. The molecule has 2 heterocycles. The van der Waals surface area contributed by atoms with Crippen molar-refractivity contribution < 1.29 is 19.8 Å². The molecule has 0 saturated carbocycles. The maximum Gasteiger partial charge on any atom is 0.322 e. The molecule has 2 aromatic rings. The summed E-state index contributed by atoms with van der Waals surface area (Å²) in [5.74, 6) is -0.799. The summed E-state index contributed by atoms with van der Waals surface area (Å²) in [6.07, 6.45) is 2.58. The summed E-state index contributed by atoms with van der Waals surface area (Å²) in [7, 11) is 0. The van der Waals surface area contributed by atoms with Crippen molar-refractivity contribution in [2.45, 2.75) is 46.0 Å². The molecule has 3 N–H and O–H groups in total. The van der Waals surface area contributed by atoms with E-state index in [0.717, 1.165) is 25.9 Å². The highest BCUT2D eigenvalue weighted by Gasteiger charge is 2.23. The number of carboxylic acid groups (broad SMARTS) is 1. The lowest BCUT2D eigenvalue weighted by Gasteiger charge is -2.33. The van der Waals surface area contributed by atoms with Crippen LogP contribution < -0.4 is 10.2 Å². The SMILES string of the molecule is Cc1nc(CC2CCN(c3ccc(C(C)C)cc3)CC2)nc(C(=O)NCC(=O)O)c1O. The van der Waals surface area contributed by atoms with Gasteiger partial charge in [-0.3, -0.25) is 9.59 Å². The van der Waals surface area contributed by atoms with Gasteiger partial charge in [-0.05, 0) is 49.3 Å². The third-order valence-electron chi connectivity index (χ3n) is 5.73. The molecule has 1 saturated heterocycles. The number of nitrogens with zero attached hydrogens (tertiary/aromatic N) is 3. The van der Waals surface area contributed by atoms with Gasteiger partial charge in [0.25, 0.3) is 5.91 Å². The lowest BCUT2D eigenvalue weighted by molar-refractivity contribution is -0.135. The van der Waals surface area contributed by atoms with Crippen molar-refractivity contribution in [2.24, 2.45) is 5.92 Å². The summed E-state index contributed by atoms with van der Waals surface area (Å²) in [5.41, 5.74) is 2.71.